The number of hydrogen-bond donors (Lipinski definition) is 1. The Kier molecular flexibility index (Phi) is 7.53. The van der Waals surface area contributed by atoms with E-state index in [1.807, 2.05) is 6.92 Å². The lowest BCUT2D eigenvalue weighted by atomic mass is 10.1. The number of aryl methyl sites for hydroxylation is 2. The highest BCUT2D eigenvalue weighted by Gasteiger charge is 2.18. The van der Waals surface area contributed by atoms with Crippen molar-refractivity contribution < 1.29 is 9.53 Å². The molecule has 5 nitrogen and oxygen atoms in total. The van der Waals surface area contributed by atoms with Gasteiger partial charge in [0.1, 0.15) is 5.75 Å². The Labute approximate surface area is 146 Å². The second kappa shape index (κ2) is 9.64. The molecule has 1 aromatic rings. The molecule has 5 heteroatoms. The molecule has 1 saturated heterocycles. The van der Waals surface area contributed by atoms with E-state index in [0.717, 1.165) is 51.5 Å². The van der Waals surface area contributed by atoms with E-state index in [-0.39, 0.29) is 5.91 Å². The van der Waals surface area contributed by atoms with Gasteiger partial charge in [-0.3, -0.25) is 9.69 Å². The van der Waals surface area contributed by atoms with Gasteiger partial charge >= 0.3 is 0 Å². The van der Waals surface area contributed by atoms with Crippen molar-refractivity contribution in [3.63, 3.8) is 0 Å². The fourth-order valence-electron chi connectivity index (χ4n) is 2.96. The zero-order valence-electron chi connectivity index (χ0n) is 15.3. The van der Waals surface area contributed by atoms with Crippen LogP contribution in [0.4, 0.5) is 0 Å². The standard InChI is InChI=1S/C19H31N3O2/c1-4-20-19(23)15-22-11-9-21(10-12-22)8-5-13-24-18-14-16(2)6-7-17(18)3/h6-7,14H,4-5,8-13,15H2,1-3H3,(H,20,23). The third-order valence-corrected chi connectivity index (χ3v) is 4.43. The molecule has 134 valence electrons. The topological polar surface area (TPSA) is 44.8 Å². The summed E-state index contributed by atoms with van der Waals surface area (Å²) in [6.45, 7) is 13.2. The average Bonchev–Trinajstić information content (AvgIpc) is 2.56. The first-order valence-electron chi connectivity index (χ1n) is 9.00. The number of carbonyl (C=O) groups is 1. The molecule has 0 bridgehead atoms. The number of nitrogens with one attached hydrogen (secondary N) is 1. The van der Waals surface area contributed by atoms with Gasteiger partial charge in [-0.25, -0.2) is 0 Å². The van der Waals surface area contributed by atoms with Gasteiger partial charge in [0, 0.05) is 39.3 Å². The van der Waals surface area contributed by atoms with Crippen molar-refractivity contribution in [3.8, 4) is 5.75 Å². The van der Waals surface area contributed by atoms with Gasteiger partial charge in [0.25, 0.3) is 0 Å². The molecule has 0 saturated carbocycles. The molecule has 1 aliphatic heterocycles. The average molecular weight is 333 g/mol. The molecule has 0 radical (unpaired) electrons. The predicted octanol–water partition coefficient (Wildman–Crippen LogP) is 1.83. The molecule has 0 atom stereocenters. The Hall–Kier alpha value is -1.59. The van der Waals surface area contributed by atoms with Crippen molar-refractivity contribution in [1.82, 2.24) is 15.1 Å². The van der Waals surface area contributed by atoms with Crippen molar-refractivity contribution >= 4 is 5.91 Å². The zero-order valence-corrected chi connectivity index (χ0v) is 15.3. The summed E-state index contributed by atoms with van der Waals surface area (Å²) in [6.07, 6.45) is 1.03. The van der Waals surface area contributed by atoms with Gasteiger partial charge in [-0.15, -0.1) is 0 Å². The Morgan fingerprint density at radius 2 is 1.88 bits per heavy atom. The molecule has 24 heavy (non-hydrogen) atoms. The van der Waals surface area contributed by atoms with Crippen LogP contribution < -0.4 is 10.1 Å². The lowest BCUT2D eigenvalue weighted by Crippen LogP contribution is -2.49. The molecule has 0 spiro atoms. The molecule has 1 fully saturated rings. The number of amides is 1. The van der Waals surface area contributed by atoms with E-state index in [9.17, 15) is 4.79 Å². The lowest BCUT2D eigenvalue weighted by Gasteiger charge is -2.34. The van der Waals surface area contributed by atoms with E-state index in [1.165, 1.54) is 11.1 Å². The lowest BCUT2D eigenvalue weighted by molar-refractivity contribution is -0.122. The fourth-order valence-corrected chi connectivity index (χ4v) is 2.96. The number of hydrogen-bond acceptors (Lipinski definition) is 4. The van der Waals surface area contributed by atoms with E-state index < -0.39 is 0 Å². The zero-order chi connectivity index (χ0) is 17.4. The fraction of sp³-hybridized carbons (Fsp3) is 0.632. The third kappa shape index (κ3) is 6.13. The first-order chi connectivity index (χ1) is 11.6. The van der Waals surface area contributed by atoms with Crippen LogP contribution in [0.25, 0.3) is 0 Å². The maximum atomic E-state index is 11.6. The SMILES string of the molecule is CCNC(=O)CN1CCN(CCCOc2cc(C)ccc2C)CC1. The van der Waals surface area contributed by atoms with Gasteiger partial charge in [-0.05, 0) is 44.4 Å². The molecular weight excluding hydrogens is 302 g/mol. The molecule has 1 aliphatic rings. The summed E-state index contributed by atoms with van der Waals surface area (Å²) in [6, 6.07) is 6.33. The highest BCUT2D eigenvalue weighted by Crippen LogP contribution is 2.19. The van der Waals surface area contributed by atoms with Crippen molar-refractivity contribution in [1.29, 1.82) is 0 Å². The quantitative estimate of drug-likeness (QED) is 0.737. The van der Waals surface area contributed by atoms with Crippen LogP contribution in [0, 0.1) is 13.8 Å². The third-order valence-electron chi connectivity index (χ3n) is 4.43. The number of piperazine rings is 1. The van der Waals surface area contributed by atoms with Crippen molar-refractivity contribution in [2.75, 3.05) is 52.4 Å². The van der Waals surface area contributed by atoms with Gasteiger partial charge < -0.3 is 15.0 Å². The molecule has 0 aromatic heterocycles. The van der Waals surface area contributed by atoms with Crippen LogP contribution in [-0.2, 0) is 4.79 Å². The Bertz CT molecular complexity index is 525. The van der Waals surface area contributed by atoms with Gasteiger partial charge in [0.05, 0.1) is 13.2 Å². The first-order valence-corrected chi connectivity index (χ1v) is 9.00. The molecule has 2 rings (SSSR count). The summed E-state index contributed by atoms with van der Waals surface area (Å²) in [5.74, 6) is 1.13. The number of rotatable bonds is 8. The molecule has 1 aromatic carbocycles. The largest absolute Gasteiger partial charge is 0.493 e. The molecular formula is C19H31N3O2. The van der Waals surface area contributed by atoms with E-state index in [1.54, 1.807) is 0 Å². The summed E-state index contributed by atoms with van der Waals surface area (Å²) in [7, 11) is 0. The van der Waals surface area contributed by atoms with Crippen molar-refractivity contribution in [2.45, 2.75) is 27.2 Å². The van der Waals surface area contributed by atoms with Crippen LogP contribution >= 0.6 is 0 Å². The molecule has 1 N–H and O–H groups in total. The van der Waals surface area contributed by atoms with E-state index in [0.29, 0.717) is 13.1 Å². The minimum Gasteiger partial charge on any atom is -0.493 e. The van der Waals surface area contributed by atoms with Crippen LogP contribution in [0.15, 0.2) is 18.2 Å². The molecule has 0 unspecified atom stereocenters. The number of likely N-dealkylation sites (N-methyl/N-ethyl adjacent to an activating group) is 1. The van der Waals surface area contributed by atoms with Crippen LogP contribution in [0.1, 0.15) is 24.5 Å². The van der Waals surface area contributed by atoms with Crippen molar-refractivity contribution in [2.24, 2.45) is 0 Å². The van der Waals surface area contributed by atoms with E-state index >= 15 is 0 Å². The summed E-state index contributed by atoms with van der Waals surface area (Å²) in [4.78, 5) is 16.3. The highest BCUT2D eigenvalue weighted by atomic mass is 16.5. The highest BCUT2D eigenvalue weighted by molar-refractivity contribution is 5.77. The summed E-state index contributed by atoms with van der Waals surface area (Å²) in [5, 5.41) is 2.86. The summed E-state index contributed by atoms with van der Waals surface area (Å²) >= 11 is 0. The molecule has 1 amide bonds. The van der Waals surface area contributed by atoms with Gasteiger partial charge in [-0.1, -0.05) is 12.1 Å². The maximum absolute atomic E-state index is 11.6. The van der Waals surface area contributed by atoms with Crippen LogP contribution in [0.2, 0.25) is 0 Å². The molecule has 1 heterocycles. The van der Waals surface area contributed by atoms with Gasteiger partial charge in [0.2, 0.25) is 5.91 Å². The van der Waals surface area contributed by atoms with Crippen LogP contribution in [0.3, 0.4) is 0 Å². The Morgan fingerprint density at radius 3 is 2.58 bits per heavy atom. The number of benzene rings is 1. The number of nitrogens with zero attached hydrogens (tertiary/aromatic N) is 2. The van der Waals surface area contributed by atoms with Crippen molar-refractivity contribution in [3.05, 3.63) is 29.3 Å². The summed E-state index contributed by atoms with van der Waals surface area (Å²) < 4.78 is 5.92. The summed E-state index contributed by atoms with van der Waals surface area (Å²) in [5.41, 5.74) is 2.43. The second-order valence-corrected chi connectivity index (χ2v) is 6.54. The van der Waals surface area contributed by atoms with Crippen LogP contribution in [0.5, 0.6) is 5.75 Å². The smallest absolute Gasteiger partial charge is 0.234 e. The molecule has 0 aliphatic carbocycles. The Balaban J connectivity index is 1.61. The normalized spacial score (nSPS) is 16.1. The van der Waals surface area contributed by atoms with Gasteiger partial charge in [0.15, 0.2) is 0 Å². The number of ether oxygens (including phenoxy) is 1. The second-order valence-electron chi connectivity index (χ2n) is 6.54. The van der Waals surface area contributed by atoms with E-state index in [4.69, 9.17) is 4.74 Å². The monoisotopic (exact) mass is 333 g/mol. The minimum atomic E-state index is 0.132. The minimum absolute atomic E-state index is 0.132. The number of carbonyl (C=O) groups excluding carboxylic acids is 1. The maximum Gasteiger partial charge on any atom is 0.234 e. The predicted molar refractivity (Wildman–Crippen MR) is 97.6 cm³/mol. The van der Waals surface area contributed by atoms with Crippen LogP contribution in [-0.4, -0.2) is 68.1 Å². The van der Waals surface area contributed by atoms with E-state index in [2.05, 4.69) is 47.2 Å². The Morgan fingerprint density at radius 1 is 1.17 bits per heavy atom. The first kappa shape index (κ1) is 18.7. The van der Waals surface area contributed by atoms with Gasteiger partial charge in [-0.2, -0.15) is 0 Å².